The summed E-state index contributed by atoms with van der Waals surface area (Å²) in [5.74, 6) is 0.779. The molecule has 1 aromatic heterocycles. The first-order valence-electron chi connectivity index (χ1n) is 3.96. The van der Waals surface area contributed by atoms with E-state index in [1.54, 1.807) is 11.3 Å². The van der Waals surface area contributed by atoms with Crippen molar-refractivity contribution in [2.24, 2.45) is 0 Å². The molecule has 0 aromatic carbocycles. The maximum Gasteiger partial charge on any atom is 0.0937 e. The van der Waals surface area contributed by atoms with E-state index in [2.05, 4.69) is 27.8 Å². The fourth-order valence-corrected chi connectivity index (χ4v) is 2.90. The lowest BCUT2D eigenvalue weighted by Crippen LogP contribution is -1.81. The maximum absolute atomic E-state index is 4.56. The Kier molecular flexibility index (Phi) is 2.02. The van der Waals surface area contributed by atoms with Crippen LogP contribution in [0.2, 0.25) is 0 Å². The van der Waals surface area contributed by atoms with Gasteiger partial charge in [0.1, 0.15) is 0 Å². The van der Waals surface area contributed by atoms with Crippen molar-refractivity contribution in [1.29, 1.82) is 0 Å². The summed E-state index contributed by atoms with van der Waals surface area (Å²) in [6.07, 6.45) is 3.74. The van der Waals surface area contributed by atoms with Gasteiger partial charge >= 0.3 is 0 Å². The Balaban J connectivity index is 2.30. The molecule has 60 valence electrons. The van der Waals surface area contributed by atoms with Crippen LogP contribution in [0.3, 0.4) is 0 Å². The highest BCUT2D eigenvalue weighted by molar-refractivity contribution is 9.11. The third-order valence-corrected chi connectivity index (χ3v) is 3.82. The Hall–Kier alpha value is 0.110. The normalized spacial score (nSPS) is 17.3. The monoisotopic (exact) mass is 231 g/mol. The van der Waals surface area contributed by atoms with Crippen molar-refractivity contribution in [3.63, 3.8) is 0 Å². The summed E-state index contributed by atoms with van der Waals surface area (Å²) >= 11 is 5.34. The molecular formula is C8H10BrNS. The molecule has 1 aromatic rings. The first kappa shape index (κ1) is 7.74. The van der Waals surface area contributed by atoms with E-state index in [0.717, 1.165) is 12.3 Å². The van der Waals surface area contributed by atoms with Crippen LogP contribution in [0, 0.1) is 0 Å². The van der Waals surface area contributed by atoms with Gasteiger partial charge in [0.25, 0.3) is 0 Å². The van der Waals surface area contributed by atoms with Gasteiger partial charge in [0, 0.05) is 5.92 Å². The highest BCUT2D eigenvalue weighted by Gasteiger charge is 2.28. The van der Waals surface area contributed by atoms with Crippen LogP contribution in [0.1, 0.15) is 36.4 Å². The molecule has 0 N–H and O–H groups in total. The van der Waals surface area contributed by atoms with Crippen molar-refractivity contribution in [2.45, 2.75) is 32.1 Å². The zero-order valence-electron chi connectivity index (χ0n) is 6.43. The summed E-state index contributed by atoms with van der Waals surface area (Å²) in [6, 6.07) is 0. The molecule has 0 amide bonds. The Labute approximate surface area is 79.0 Å². The van der Waals surface area contributed by atoms with Crippen LogP contribution in [0.4, 0.5) is 0 Å². The fourth-order valence-electron chi connectivity index (χ4n) is 1.12. The van der Waals surface area contributed by atoms with Crippen LogP contribution < -0.4 is 0 Å². The first-order chi connectivity index (χ1) is 5.31. The molecule has 1 saturated carbocycles. The highest BCUT2D eigenvalue weighted by Crippen LogP contribution is 2.44. The average Bonchev–Trinajstić information content (AvgIpc) is 2.76. The quantitative estimate of drug-likeness (QED) is 0.761. The fraction of sp³-hybridized carbons (Fsp3) is 0.625. The molecule has 2 rings (SSSR count). The van der Waals surface area contributed by atoms with Crippen LogP contribution in [0.25, 0.3) is 0 Å². The Morgan fingerprint density at radius 2 is 2.36 bits per heavy atom. The highest BCUT2D eigenvalue weighted by atomic mass is 79.9. The van der Waals surface area contributed by atoms with E-state index >= 15 is 0 Å². The minimum atomic E-state index is 0.779. The lowest BCUT2D eigenvalue weighted by atomic mass is 10.3. The van der Waals surface area contributed by atoms with Gasteiger partial charge in [0.05, 0.1) is 14.5 Å². The second kappa shape index (κ2) is 2.87. The van der Waals surface area contributed by atoms with Crippen molar-refractivity contribution in [3.05, 3.63) is 14.5 Å². The molecule has 1 nitrogen and oxygen atoms in total. The van der Waals surface area contributed by atoms with Gasteiger partial charge in [-0.25, -0.2) is 4.98 Å². The van der Waals surface area contributed by atoms with Gasteiger partial charge in [-0.2, -0.15) is 0 Å². The molecule has 0 unspecified atom stereocenters. The zero-order chi connectivity index (χ0) is 7.84. The molecule has 0 saturated heterocycles. The smallest absolute Gasteiger partial charge is 0.0937 e. The maximum atomic E-state index is 4.56. The molecule has 11 heavy (non-hydrogen) atoms. The van der Waals surface area contributed by atoms with E-state index in [9.17, 15) is 0 Å². The van der Waals surface area contributed by atoms with E-state index in [1.807, 2.05) is 0 Å². The van der Waals surface area contributed by atoms with Crippen LogP contribution in [0.5, 0.6) is 0 Å². The minimum absolute atomic E-state index is 0.779. The lowest BCUT2D eigenvalue weighted by molar-refractivity contribution is 0.988. The molecule has 0 atom stereocenters. The van der Waals surface area contributed by atoms with E-state index in [0.29, 0.717) is 0 Å². The molecule has 1 aliphatic rings. The molecule has 0 spiro atoms. The summed E-state index contributed by atoms with van der Waals surface area (Å²) in [6.45, 7) is 2.15. The zero-order valence-corrected chi connectivity index (χ0v) is 8.83. The number of nitrogens with zero attached hydrogens (tertiary/aromatic N) is 1. The van der Waals surface area contributed by atoms with Crippen molar-refractivity contribution >= 4 is 27.3 Å². The SMILES string of the molecule is CCc1nc(C2CC2)c(Br)s1. The third kappa shape index (κ3) is 1.49. The number of hydrogen-bond acceptors (Lipinski definition) is 2. The lowest BCUT2D eigenvalue weighted by Gasteiger charge is -1.87. The van der Waals surface area contributed by atoms with Gasteiger partial charge in [-0.1, -0.05) is 6.92 Å². The summed E-state index contributed by atoms with van der Waals surface area (Å²) in [7, 11) is 0. The van der Waals surface area contributed by atoms with Gasteiger partial charge in [-0.3, -0.25) is 0 Å². The molecule has 1 heterocycles. The molecule has 3 heteroatoms. The molecular weight excluding hydrogens is 222 g/mol. The second-order valence-corrected chi connectivity index (χ2v) is 5.30. The third-order valence-electron chi connectivity index (χ3n) is 1.92. The summed E-state index contributed by atoms with van der Waals surface area (Å²) in [4.78, 5) is 4.56. The van der Waals surface area contributed by atoms with E-state index in [4.69, 9.17) is 0 Å². The largest absolute Gasteiger partial charge is 0.245 e. The van der Waals surface area contributed by atoms with Gasteiger partial charge in [0.2, 0.25) is 0 Å². The topological polar surface area (TPSA) is 12.9 Å². The van der Waals surface area contributed by atoms with E-state index in [-0.39, 0.29) is 0 Å². The van der Waals surface area contributed by atoms with Crippen LogP contribution in [0.15, 0.2) is 3.79 Å². The predicted molar refractivity (Wildman–Crippen MR) is 51.2 cm³/mol. The number of thiazole rings is 1. The number of aryl methyl sites for hydroxylation is 1. The van der Waals surface area contributed by atoms with Gasteiger partial charge in [-0.05, 0) is 35.2 Å². The Morgan fingerprint density at radius 1 is 1.64 bits per heavy atom. The van der Waals surface area contributed by atoms with Crippen molar-refractivity contribution in [1.82, 2.24) is 4.98 Å². The van der Waals surface area contributed by atoms with Crippen LogP contribution in [-0.2, 0) is 6.42 Å². The average molecular weight is 232 g/mol. The predicted octanol–water partition coefficient (Wildman–Crippen LogP) is 3.35. The standard InChI is InChI=1S/C8H10BrNS/c1-2-6-10-7(5-3-4-5)8(9)11-6/h5H,2-4H2,1H3. The first-order valence-corrected chi connectivity index (χ1v) is 5.57. The Morgan fingerprint density at radius 3 is 2.82 bits per heavy atom. The van der Waals surface area contributed by atoms with Crippen molar-refractivity contribution in [3.8, 4) is 0 Å². The molecule has 0 aliphatic heterocycles. The molecule has 0 radical (unpaired) electrons. The number of halogens is 1. The van der Waals surface area contributed by atoms with Crippen LogP contribution >= 0.6 is 27.3 Å². The number of rotatable bonds is 2. The summed E-state index contributed by atoms with van der Waals surface area (Å²) in [5.41, 5.74) is 1.31. The van der Waals surface area contributed by atoms with Gasteiger partial charge in [-0.15, -0.1) is 11.3 Å². The molecule has 1 aliphatic carbocycles. The molecule has 1 fully saturated rings. The summed E-state index contributed by atoms with van der Waals surface area (Å²) in [5, 5.41) is 1.26. The van der Waals surface area contributed by atoms with Gasteiger partial charge in [0.15, 0.2) is 0 Å². The summed E-state index contributed by atoms with van der Waals surface area (Å²) < 4.78 is 1.26. The van der Waals surface area contributed by atoms with Gasteiger partial charge < -0.3 is 0 Å². The van der Waals surface area contributed by atoms with Crippen molar-refractivity contribution < 1.29 is 0 Å². The van der Waals surface area contributed by atoms with Crippen molar-refractivity contribution in [2.75, 3.05) is 0 Å². The number of aromatic nitrogens is 1. The van der Waals surface area contributed by atoms with E-state index in [1.165, 1.54) is 27.3 Å². The van der Waals surface area contributed by atoms with Crippen LogP contribution in [-0.4, -0.2) is 4.98 Å². The van der Waals surface area contributed by atoms with E-state index < -0.39 is 0 Å². The number of hydrogen-bond donors (Lipinski definition) is 0. The Bertz CT molecular complexity index is 265. The minimum Gasteiger partial charge on any atom is -0.245 e. The molecule has 0 bridgehead atoms. The second-order valence-electron chi connectivity index (χ2n) is 2.89.